The number of benzene rings is 1. The average Bonchev–Trinajstić information content (AvgIpc) is 2.29. The minimum absolute atomic E-state index is 0.0104. The number of ketones is 1. The fraction of sp³-hybridized carbons (Fsp3) is 0.333. The highest BCUT2D eigenvalue weighted by Crippen LogP contribution is 2.11. The number of carbonyl (C=O) groups is 2. The summed E-state index contributed by atoms with van der Waals surface area (Å²) in [6.07, 6.45) is -0.190. The van der Waals surface area contributed by atoms with Gasteiger partial charge in [0, 0.05) is 18.9 Å². The molecule has 1 rings (SSSR count). The lowest BCUT2D eigenvalue weighted by Gasteiger charge is -2.02. The zero-order valence-corrected chi connectivity index (χ0v) is 9.33. The Morgan fingerprint density at radius 2 is 1.94 bits per heavy atom. The van der Waals surface area contributed by atoms with Crippen molar-refractivity contribution in [1.29, 1.82) is 0 Å². The van der Waals surface area contributed by atoms with Gasteiger partial charge in [0.2, 0.25) is 0 Å². The first-order valence-electron chi connectivity index (χ1n) is 5.05. The van der Waals surface area contributed by atoms with Crippen molar-refractivity contribution >= 4 is 11.8 Å². The van der Waals surface area contributed by atoms with Gasteiger partial charge >= 0.3 is 5.97 Å². The molecule has 0 aliphatic rings. The Bertz CT molecular complexity index is 430. The average molecular weight is 242 g/mol. The molecule has 5 heteroatoms. The summed E-state index contributed by atoms with van der Waals surface area (Å²) < 4.78 is 30.2. The van der Waals surface area contributed by atoms with Gasteiger partial charge < -0.3 is 4.74 Å². The highest BCUT2D eigenvalue weighted by atomic mass is 19.1. The highest BCUT2D eigenvalue weighted by Gasteiger charge is 2.11. The number of halogens is 2. The van der Waals surface area contributed by atoms with Crippen LogP contribution in [0.5, 0.6) is 0 Å². The number of hydrogen-bond acceptors (Lipinski definition) is 3. The van der Waals surface area contributed by atoms with Crippen LogP contribution in [0.2, 0.25) is 0 Å². The number of esters is 1. The van der Waals surface area contributed by atoms with E-state index in [9.17, 15) is 18.4 Å². The molecule has 0 bridgehead atoms. The second-order valence-electron chi connectivity index (χ2n) is 3.53. The summed E-state index contributed by atoms with van der Waals surface area (Å²) in [6.45, 7) is 0. The van der Waals surface area contributed by atoms with E-state index in [0.29, 0.717) is 0 Å². The maximum Gasteiger partial charge on any atom is 0.305 e. The van der Waals surface area contributed by atoms with Crippen LogP contribution in [0.4, 0.5) is 8.78 Å². The van der Waals surface area contributed by atoms with Crippen LogP contribution in [-0.4, -0.2) is 18.9 Å². The van der Waals surface area contributed by atoms with Gasteiger partial charge in [-0.3, -0.25) is 9.59 Å². The first-order valence-corrected chi connectivity index (χ1v) is 5.05. The van der Waals surface area contributed by atoms with E-state index < -0.39 is 17.6 Å². The van der Waals surface area contributed by atoms with E-state index in [2.05, 4.69) is 4.74 Å². The largest absolute Gasteiger partial charge is 0.469 e. The van der Waals surface area contributed by atoms with Crippen molar-refractivity contribution in [2.45, 2.75) is 19.3 Å². The molecule has 0 atom stereocenters. The van der Waals surface area contributed by atoms with Gasteiger partial charge in [0.25, 0.3) is 0 Å². The Labute approximate surface area is 97.4 Å². The second kappa shape index (κ2) is 6.08. The van der Waals surface area contributed by atoms with E-state index in [4.69, 9.17) is 0 Å². The number of carbonyl (C=O) groups excluding carboxylic acids is 2. The van der Waals surface area contributed by atoms with E-state index in [1.807, 2.05) is 0 Å². The fourth-order valence-electron chi connectivity index (χ4n) is 1.31. The van der Waals surface area contributed by atoms with Gasteiger partial charge in [-0.2, -0.15) is 0 Å². The molecule has 1 aromatic carbocycles. The Hall–Kier alpha value is -1.78. The highest BCUT2D eigenvalue weighted by molar-refractivity contribution is 5.84. The molecule has 0 aromatic heterocycles. The zero-order valence-electron chi connectivity index (χ0n) is 9.33. The first-order chi connectivity index (χ1) is 8.02. The van der Waals surface area contributed by atoms with Crippen molar-refractivity contribution in [3.8, 4) is 0 Å². The predicted octanol–water partition coefficient (Wildman–Crippen LogP) is 2.03. The third-order valence-electron chi connectivity index (χ3n) is 2.24. The summed E-state index contributed by atoms with van der Waals surface area (Å²) in [6, 6.07) is 3.04. The van der Waals surface area contributed by atoms with E-state index in [-0.39, 0.29) is 30.6 Å². The molecule has 0 radical (unpaired) electrons. The molecule has 0 N–H and O–H groups in total. The van der Waals surface area contributed by atoms with Crippen LogP contribution in [0.25, 0.3) is 0 Å². The topological polar surface area (TPSA) is 43.4 Å². The molecule has 0 saturated heterocycles. The minimum atomic E-state index is -0.753. The van der Waals surface area contributed by atoms with Crippen LogP contribution < -0.4 is 0 Å². The van der Waals surface area contributed by atoms with Crippen LogP contribution in [0, 0.1) is 11.6 Å². The van der Waals surface area contributed by atoms with Crippen molar-refractivity contribution in [2.24, 2.45) is 0 Å². The Kier molecular flexibility index (Phi) is 4.75. The van der Waals surface area contributed by atoms with Gasteiger partial charge in [-0.15, -0.1) is 0 Å². The maximum absolute atomic E-state index is 13.2. The molecule has 1 aromatic rings. The van der Waals surface area contributed by atoms with Gasteiger partial charge in [0.05, 0.1) is 13.5 Å². The SMILES string of the molecule is COC(=O)CCC(=O)Cc1ccc(F)cc1F. The Morgan fingerprint density at radius 3 is 2.53 bits per heavy atom. The normalized spacial score (nSPS) is 10.1. The Balaban J connectivity index is 2.53. The van der Waals surface area contributed by atoms with E-state index >= 15 is 0 Å². The summed E-state index contributed by atoms with van der Waals surface area (Å²) in [5.41, 5.74) is 0.126. The van der Waals surface area contributed by atoms with E-state index in [0.717, 1.165) is 12.1 Å². The smallest absolute Gasteiger partial charge is 0.305 e. The predicted molar refractivity (Wildman–Crippen MR) is 56.3 cm³/mol. The van der Waals surface area contributed by atoms with Gasteiger partial charge in [-0.25, -0.2) is 8.78 Å². The van der Waals surface area contributed by atoms with Crippen LogP contribution >= 0.6 is 0 Å². The summed E-state index contributed by atoms with van der Waals surface area (Å²) in [5, 5.41) is 0. The van der Waals surface area contributed by atoms with Crippen molar-refractivity contribution in [3.63, 3.8) is 0 Å². The molecule has 0 fully saturated rings. The molecule has 0 aliphatic carbocycles. The number of Topliss-reactive ketones (excluding diaryl/α,β-unsaturated/α-hetero) is 1. The molecule has 0 saturated carbocycles. The lowest BCUT2D eigenvalue weighted by molar-refractivity contribution is -0.141. The monoisotopic (exact) mass is 242 g/mol. The van der Waals surface area contributed by atoms with Crippen molar-refractivity contribution < 1.29 is 23.1 Å². The fourth-order valence-corrected chi connectivity index (χ4v) is 1.31. The summed E-state index contributed by atoms with van der Waals surface area (Å²) in [5.74, 6) is -2.22. The molecular weight excluding hydrogens is 230 g/mol. The molecule has 17 heavy (non-hydrogen) atoms. The quantitative estimate of drug-likeness (QED) is 0.742. The number of hydrogen-bond donors (Lipinski definition) is 0. The number of ether oxygens (including phenoxy) is 1. The van der Waals surface area contributed by atoms with Gasteiger partial charge in [0.1, 0.15) is 17.4 Å². The van der Waals surface area contributed by atoms with Crippen LogP contribution in [-0.2, 0) is 20.7 Å². The maximum atomic E-state index is 13.2. The molecule has 3 nitrogen and oxygen atoms in total. The summed E-state index contributed by atoms with van der Waals surface area (Å²) in [7, 11) is 1.23. The molecule has 0 aliphatic heterocycles. The molecule has 0 spiro atoms. The van der Waals surface area contributed by atoms with Crippen LogP contribution in [0.1, 0.15) is 18.4 Å². The molecule has 0 unspecified atom stereocenters. The van der Waals surface area contributed by atoms with Gasteiger partial charge in [-0.05, 0) is 11.6 Å². The summed E-state index contributed by atoms with van der Waals surface area (Å²) >= 11 is 0. The lowest BCUT2D eigenvalue weighted by Crippen LogP contribution is -2.08. The van der Waals surface area contributed by atoms with Crippen LogP contribution in [0.3, 0.4) is 0 Å². The third kappa shape index (κ3) is 4.30. The van der Waals surface area contributed by atoms with Crippen LogP contribution in [0.15, 0.2) is 18.2 Å². The zero-order chi connectivity index (χ0) is 12.8. The van der Waals surface area contributed by atoms with Crippen molar-refractivity contribution in [1.82, 2.24) is 0 Å². The van der Waals surface area contributed by atoms with Crippen molar-refractivity contribution in [2.75, 3.05) is 7.11 Å². The van der Waals surface area contributed by atoms with E-state index in [1.165, 1.54) is 13.2 Å². The molecule has 92 valence electrons. The second-order valence-corrected chi connectivity index (χ2v) is 3.53. The standard InChI is InChI=1S/C12H12F2O3/c1-17-12(16)5-4-10(15)6-8-2-3-9(13)7-11(8)14/h2-3,7H,4-6H2,1H3. The number of rotatable bonds is 5. The molecular formula is C12H12F2O3. The molecule has 0 amide bonds. The minimum Gasteiger partial charge on any atom is -0.469 e. The lowest BCUT2D eigenvalue weighted by atomic mass is 10.1. The number of methoxy groups -OCH3 is 1. The van der Waals surface area contributed by atoms with Crippen molar-refractivity contribution in [3.05, 3.63) is 35.4 Å². The summed E-state index contributed by atoms with van der Waals surface area (Å²) in [4.78, 5) is 22.2. The van der Waals surface area contributed by atoms with Gasteiger partial charge in [-0.1, -0.05) is 6.07 Å². The first kappa shape index (κ1) is 13.3. The molecule has 0 heterocycles. The third-order valence-corrected chi connectivity index (χ3v) is 2.24. The van der Waals surface area contributed by atoms with Gasteiger partial charge in [0.15, 0.2) is 0 Å². The van der Waals surface area contributed by atoms with E-state index in [1.54, 1.807) is 0 Å². The Morgan fingerprint density at radius 1 is 1.24 bits per heavy atom.